The molecule has 0 atom stereocenters. The Morgan fingerprint density at radius 3 is 2.66 bits per heavy atom. The fourth-order valence-electron chi connectivity index (χ4n) is 3.19. The Balaban J connectivity index is 1.38. The normalized spacial score (nSPS) is 13.3. The van der Waals surface area contributed by atoms with E-state index in [0.29, 0.717) is 23.1 Å². The van der Waals surface area contributed by atoms with E-state index >= 15 is 0 Å². The number of hydrogen-bond acceptors (Lipinski definition) is 5. The molecule has 4 rings (SSSR count). The van der Waals surface area contributed by atoms with E-state index in [9.17, 15) is 9.59 Å². The molecular formula is C22H23N5O2. The van der Waals surface area contributed by atoms with Gasteiger partial charge >= 0.3 is 0 Å². The van der Waals surface area contributed by atoms with Crippen LogP contribution in [-0.4, -0.2) is 31.9 Å². The molecule has 2 aromatic carbocycles. The highest BCUT2D eigenvalue weighted by atomic mass is 16.2. The fourth-order valence-corrected chi connectivity index (χ4v) is 3.19. The molecule has 1 fully saturated rings. The Bertz CT molecular complexity index is 1070. The van der Waals surface area contributed by atoms with Crippen LogP contribution in [0.5, 0.6) is 0 Å². The number of rotatable bonds is 7. The Hall–Kier alpha value is -3.35. The highest BCUT2D eigenvalue weighted by Crippen LogP contribution is 2.36. The van der Waals surface area contributed by atoms with Crippen molar-refractivity contribution in [3.05, 3.63) is 59.2 Å². The first-order chi connectivity index (χ1) is 14.0. The van der Waals surface area contributed by atoms with Crippen LogP contribution in [-0.2, 0) is 4.79 Å². The van der Waals surface area contributed by atoms with Gasteiger partial charge in [-0.3, -0.25) is 9.59 Å². The summed E-state index contributed by atoms with van der Waals surface area (Å²) in [5.74, 6) is 0.482. The van der Waals surface area contributed by atoms with Gasteiger partial charge in [0, 0.05) is 29.7 Å². The van der Waals surface area contributed by atoms with Gasteiger partial charge in [-0.2, -0.15) is 0 Å². The van der Waals surface area contributed by atoms with Gasteiger partial charge < -0.3 is 5.32 Å². The summed E-state index contributed by atoms with van der Waals surface area (Å²) in [5.41, 5.74) is 4.38. The van der Waals surface area contributed by atoms with Crippen LogP contribution in [0, 0.1) is 13.8 Å². The Morgan fingerprint density at radius 1 is 1.07 bits per heavy atom. The molecule has 1 amide bonds. The van der Waals surface area contributed by atoms with Crippen molar-refractivity contribution in [2.24, 2.45) is 0 Å². The maximum absolute atomic E-state index is 12.4. The summed E-state index contributed by atoms with van der Waals surface area (Å²) in [4.78, 5) is 24.7. The minimum atomic E-state index is -0.193. The molecule has 1 aliphatic rings. The average Bonchev–Trinajstić information content (AvgIpc) is 3.44. The highest BCUT2D eigenvalue weighted by Gasteiger charge is 2.28. The molecule has 0 aliphatic heterocycles. The smallest absolute Gasteiger partial charge is 0.224 e. The zero-order chi connectivity index (χ0) is 20.4. The third-order valence-electron chi connectivity index (χ3n) is 5.20. The molecule has 148 valence electrons. The fraction of sp³-hybridized carbons (Fsp3) is 0.318. The SMILES string of the molecule is Cc1ccc(C(=O)CCC(=O)Nc2cccc(-c3nnnn3C3CC3)c2)cc1C. The first-order valence-electron chi connectivity index (χ1n) is 9.80. The van der Waals surface area contributed by atoms with Gasteiger partial charge in [0.1, 0.15) is 0 Å². The molecule has 7 heteroatoms. The van der Waals surface area contributed by atoms with Crippen molar-refractivity contribution in [2.45, 2.75) is 45.6 Å². The van der Waals surface area contributed by atoms with E-state index in [0.717, 1.165) is 29.5 Å². The van der Waals surface area contributed by atoms with E-state index in [1.54, 1.807) is 0 Å². The second-order valence-electron chi connectivity index (χ2n) is 7.53. The Morgan fingerprint density at radius 2 is 1.90 bits per heavy atom. The maximum Gasteiger partial charge on any atom is 0.224 e. The summed E-state index contributed by atoms with van der Waals surface area (Å²) in [6, 6.07) is 13.4. The van der Waals surface area contributed by atoms with E-state index in [1.165, 1.54) is 0 Å². The van der Waals surface area contributed by atoms with E-state index in [-0.39, 0.29) is 24.5 Å². The summed E-state index contributed by atoms with van der Waals surface area (Å²) < 4.78 is 1.84. The number of tetrazole rings is 1. The molecular weight excluding hydrogens is 366 g/mol. The van der Waals surface area contributed by atoms with Gasteiger partial charge in [-0.15, -0.1) is 5.10 Å². The minimum absolute atomic E-state index is 0.0272. The monoisotopic (exact) mass is 389 g/mol. The predicted octanol–water partition coefficient (Wildman–Crippen LogP) is 3.89. The van der Waals surface area contributed by atoms with Crippen LogP contribution in [0.2, 0.25) is 0 Å². The van der Waals surface area contributed by atoms with Crippen LogP contribution in [0.3, 0.4) is 0 Å². The van der Waals surface area contributed by atoms with Crippen LogP contribution >= 0.6 is 0 Å². The minimum Gasteiger partial charge on any atom is -0.326 e. The number of aryl methyl sites for hydroxylation is 2. The van der Waals surface area contributed by atoms with Gasteiger partial charge in [0.15, 0.2) is 11.6 Å². The number of hydrogen-bond donors (Lipinski definition) is 1. The lowest BCUT2D eigenvalue weighted by Gasteiger charge is -2.08. The third kappa shape index (κ3) is 4.39. The van der Waals surface area contributed by atoms with Crippen molar-refractivity contribution in [1.29, 1.82) is 0 Å². The first kappa shape index (κ1) is 19.0. The van der Waals surface area contributed by atoms with Crippen molar-refractivity contribution in [2.75, 3.05) is 5.32 Å². The molecule has 0 unspecified atom stereocenters. The predicted molar refractivity (Wildman–Crippen MR) is 110 cm³/mol. The van der Waals surface area contributed by atoms with E-state index in [2.05, 4.69) is 20.8 Å². The molecule has 1 aliphatic carbocycles. The Kier molecular flexibility index (Phi) is 5.20. The molecule has 1 aromatic heterocycles. The van der Waals surface area contributed by atoms with Gasteiger partial charge in [0.25, 0.3) is 0 Å². The van der Waals surface area contributed by atoms with Crippen LogP contribution in [0.25, 0.3) is 11.4 Å². The van der Waals surface area contributed by atoms with Crippen LogP contribution < -0.4 is 5.32 Å². The van der Waals surface area contributed by atoms with Crippen LogP contribution in [0.1, 0.15) is 53.2 Å². The van der Waals surface area contributed by atoms with Gasteiger partial charge in [0.05, 0.1) is 6.04 Å². The number of nitrogens with one attached hydrogen (secondary N) is 1. The summed E-state index contributed by atoms with van der Waals surface area (Å²) in [7, 11) is 0. The summed E-state index contributed by atoms with van der Waals surface area (Å²) in [6.07, 6.45) is 2.48. The molecule has 1 saturated carbocycles. The highest BCUT2D eigenvalue weighted by molar-refractivity contribution is 6.00. The van der Waals surface area contributed by atoms with Gasteiger partial charge in [-0.05, 0) is 66.4 Å². The second kappa shape index (κ2) is 7.95. The van der Waals surface area contributed by atoms with E-state index < -0.39 is 0 Å². The van der Waals surface area contributed by atoms with Crippen molar-refractivity contribution >= 4 is 17.4 Å². The lowest BCUT2D eigenvalue weighted by molar-refractivity contribution is -0.116. The number of aromatic nitrogens is 4. The molecule has 1 heterocycles. The zero-order valence-electron chi connectivity index (χ0n) is 16.6. The topological polar surface area (TPSA) is 89.8 Å². The maximum atomic E-state index is 12.4. The largest absolute Gasteiger partial charge is 0.326 e. The molecule has 1 N–H and O–H groups in total. The number of carbonyl (C=O) groups is 2. The van der Waals surface area contributed by atoms with E-state index in [1.807, 2.05) is 61.0 Å². The van der Waals surface area contributed by atoms with Crippen LogP contribution in [0.15, 0.2) is 42.5 Å². The number of anilines is 1. The quantitative estimate of drug-likeness (QED) is 0.619. The van der Waals surface area contributed by atoms with Gasteiger partial charge in [-0.25, -0.2) is 4.68 Å². The van der Waals surface area contributed by atoms with Crippen molar-refractivity contribution < 1.29 is 9.59 Å². The number of amides is 1. The number of Topliss-reactive ketones (excluding diaryl/α,β-unsaturated/α-hetero) is 1. The molecule has 0 saturated heterocycles. The first-order valence-corrected chi connectivity index (χ1v) is 9.80. The Labute approximate surface area is 169 Å². The number of nitrogens with zero attached hydrogens (tertiary/aromatic N) is 4. The number of carbonyl (C=O) groups excluding carboxylic acids is 2. The molecule has 0 radical (unpaired) electrons. The van der Waals surface area contributed by atoms with Crippen molar-refractivity contribution in [1.82, 2.24) is 20.2 Å². The van der Waals surface area contributed by atoms with Crippen LogP contribution in [0.4, 0.5) is 5.69 Å². The molecule has 0 spiro atoms. The van der Waals surface area contributed by atoms with Gasteiger partial charge in [-0.1, -0.05) is 24.3 Å². The lowest BCUT2D eigenvalue weighted by atomic mass is 10.0. The summed E-state index contributed by atoms with van der Waals surface area (Å²) in [5, 5.41) is 14.8. The van der Waals surface area contributed by atoms with Crippen molar-refractivity contribution in [3.8, 4) is 11.4 Å². The number of ketones is 1. The second-order valence-corrected chi connectivity index (χ2v) is 7.53. The summed E-state index contributed by atoms with van der Waals surface area (Å²) in [6.45, 7) is 3.99. The standard InChI is InChI=1S/C22H23N5O2/c1-14-6-7-16(12-15(14)2)20(28)10-11-21(29)23-18-5-3-4-17(13-18)22-24-25-26-27(22)19-8-9-19/h3-7,12-13,19H,8-11H2,1-2H3,(H,23,29). The summed E-state index contributed by atoms with van der Waals surface area (Å²) >= 11 is 0. The lowest BCUT2D eigenvalue weighted by Crippen LogP contribution is -2.13. The number of benzene rings is 2. The zero-order valence-corrected chi connectivity index (χ0v) is 16.6. The molecule has 3 aromatic rings. The van der Waals surface area contributed by atoms with Crippen molar-refractivity contribution in [3.63, 3.8) is 0 Å². The molecule has 7 nitrogen and oxygen atoms in total. The molecule has 29 heavy (non-hydrogen) atoms. The average molecular weight is 389 g/mol. The molecule has 0 bridgehead atoms. The van der Waals surface area contributed by atoms with E-state index in [4.69, 9.17) is 0 Å². The third-order valence-corrected chi connectivity index (χ3v) is 5.20. The van der Waals surface area contributed by atoms with Gasteiger partial charge in [0.2, 0.25) is 5.91 Å².